The highest BCUT2D eigenvalue weighted by atomic mass is 35.5. The lowest BCUT2D eigenvalue weighted by Crippen LogP contribution is -1.97. The van der Waals surface area contributed by atoms with Gasteiger partial charge in [-0.1, -0.05) is 23.7 Å². The van der Waals surface area contributed by atoms with Gasteiger partial charge in [0.15, 0.2) is 0 Å². The fraction of sp³-hybridized carbons (Fsp3) is 0.0667. The van der Waals surface area contributed by atoms with Crippen molar-refractivity contribution in [3.8, 4) is 17.6 Å². The molecule has 20 heavy (non-hydrogen) atoms. The lowest BCUT2D eigenvalue weighted by Gasteiger charge is -2.07. The van der Waals surface area contributed by atoms with E-state index < -0.39 is 5.97 Å². The zero-order chi connectivity index (χ0) is 14.5. The number of aromatic carboxylic acids is 1. The smallest absolute Gasteiger partial charge is 0.337 e. The van der Waals surface area contributed by atoms with Crippen LogP contribution in [0.3, 0.4) is 0 Å². The van der Waals surface area contributed by atoms with Gasteiger partial charge >= 0.3 is 5.97 Å². The summed E-state index contributed by atoms with van der Waals surface area (Å²) < 4.78 is 5.57. The zero-order valence-electron chi connectivity index (χ0n) is 10.3. The maximum absolute atomic E-state index is 10.8. The van der Waals surface area contributed by atoms with Crippen molar-refractivity contribution in [2.24, 2.45) is 0 Å². The Kier molecular flexibility index (Phi) is 4.24. The molecule has 0 aliphatic heterocycles. The van der Waals surface area contributed by atoms with E-state index in [1.807, 2.05) is 0 Å². The van der Waals surface area contributed by atoms with Gasteiger partial charge in [-0.05, 0) is 29.8 Å². The Morgan fingerprint density at radius 3 is 2.40 bits per heavy atom. The third-order valence-corrected chi connectivity index (χ3v) is 2.93. The molecule has 0 heterocycles. The van der Waals surface area contributed by atoms with Crippen LogP contribution in [0.15, 0.2) is 42.5 Å². The molecule has 0 saturated heterocycles. The van der Waals surface area contributed by atoms with Crippen LogP contribution in [0.25, 0.3) is 0 Å². The zero-order valence-corrected chi connectivity index (χ0v) is 11.1. The summed E-state index contributed by atoms with van der Waals surface area (Å²) in [5.41, 5.74) is 0.933. The number of halogens is 1. The quantitative estimate of drug-likeness (QED) is 0.926. The minimum Gasteiger partial charge on any atom is -0.478 e. The van der Waals surface area contributed by atoms with E-state index in [0.29, 0.717) is 17.9 Å². The maximum Gasteiger partial charge on any atom is 0.337 e. The molecular weight excluding hydrogens is 278 g/mol. The molecule has 0 atom stereocenters. The fourth-order valence-corrected chi connectivity index (χ4v) is 1.89. The normalized spacial score (nSPS) is 9.80. The van der Waals surface area contributed by atoms with Gasteiger partial charge in [-0.25, -0.2) is 4.79 Å². The first-order valence-electron chi connectivity index (χ1n) is 5.77. The van der Waals surface area contributed by atoms with Crippen molar-refractivity contribution in [3.63, 3.8) is 0 Å². The number of carboxylic acid groups (broad SMARTS) is 1. The number of hydrogen-bond acceptors (Lipinski definition) is 3. The van der Waals surface area contributed by atoms with Gasteiger partial charge in [0.1, 0.15) is 11.5 Å². The molecule has 0 spiro atoms. The molecule has 100 valence electrons. The van der Waals surface area contributed by atoms with Gasteiger partial charge in [-0.3, -0.25) is 0 Å². The van der Waals surface area contributed by atoms with E-state index in [-0.39, 0.29) is 10.6 Å². The summed E-state index contributed by atoms with van der Waals surface area (Å²) in [4.78, 5) is 10.8. The van der Waals surface area contributed by atoms with E-state index in [1.165, 1.54) is 12.1 Å². The van der Waals surface area contributed by atoms with Crippen molar-refractivity contribution in [1.82, 2.24) is 0 Å². The number of rotatable bonds is 4. The Hall–Kier alpha value is -2.51. The minimum absolute atomic E-state index is 0.0309. The predicted molar refractivity (Wildman–Crippen MR) is 74.2 cm³/mol. The molecule has 0 unspecified atom stereocenters. The molecule has 5 heteroatoms. The van der Waals surface area contributed by atoms with Crippen LogP contribution in [0, 0.1) is 11.3 Å². The van der Waals surface area contributed by atoms with Gasteiger partial charge in [-0.15, -0.1) is 0 Å². The van der Waals surface area contributed by atoms with Crippen molar-refractivity contribution >= 4 is 17.6 Å². The maximum atomic E-state index is 10.8. The molecule has 4 nitrogen and oxygen atoms in total. The summed E-state index contributed by atoms with van der Waals surface area (Å²) in [5.74, 6) is -0.0405. The average Bonchev–Trinajstić information content (AvgIpc) is 2.41. The molecule has 2 aromatic rings. The first-order chi connectivity index (χ1) is 9.60. The number of hydrogen-bond donors (Lipinski definition) is 1. The first kappa shape index (κ1) is 13.9. The van der Waals surface area contributed by atoms with Crippen molar-refractivity contribution in [2.45, 2.75) is 6.42 Å². The van der Waals surface area contributed by atoms with Crippen LogP contribution >= 0.6 is 11.6 Å². The Balaban J connectivity index is 2.16. The van der Waals surface area contributed by atoms with Gasteiger partial charge < -0.3 is 9.84 Å². The summed E-state index contributed by atoms with van der Waals surface area (Å²) >= 11 is 5.86. The summed E-state index contributed by atoms with van der Waals surface area (Å²) in [6.45, 7) is 0. The van der Waals surface area contributed by atoms with Crippen molar-refractivity contribution in [2.75, 3.05) is 0 Å². The molecule has 2 rings (SSSR count). The Labute approximate surface area is 120 Å². The summed E-state index contributed by atoms with van der Waals surface area (Å²) in [7, 11) is 0. The second kappa shape index (κ2) is 6.09. The third-order valence-electron chi connectivity index (χ3n) is 2.61. The van der Waals surface area contributed by atoms with E-state index in [2.05, 4.69) is 6.07 Å². The number of nitrogens with zero attached hydrogens (tertiary/aromatic N) is 1. The third kappa shape index (κ3) is 3.28. The van der Waals surface area contributed by atoms with Gasteiger partial charge in [0.25, 0.3) is 0 Å². The fourth-order valence-electron chi connectivity index (χ4n) is 1.64. The van der Waals surface area contributed by atoms with E-state index in [4.69, 9.17) is 26.7 Å². The average molecular weight is 288 g/mol. The second-order valence-electron chi connectivity index (χ2n) is 4.03. The highest BCUT2D eigenvalue weighted by Gasteiger charge is 2.09. The number of benzene rings is 2. The lowest BCUT2D eigenvalue weighted by atomic mass is 10.1. The molecule has 0 aliphatic carbocycles. The van der Waals surface area contributed by atoms with Gasteiger partial charge in [0.2, 0.25) is 0 Å². The molecule has 0 bridgehead atoms. The van der Waals surface area contributed by atoms with Crippen LogP contribution in [-0.4, -0.2) is 11.1 Å². The van der Waals surface area contributed by atoms with E-state index in [9.17, 15) is 4.79 Å². The van der Waals surface area contributed by atoms with Crippen LogP contribution in [-0.2, 0) is 6.42 Å². The van der Waals surface area contributed by atoms with E-state index >= 15 is 0 Å². The number of ether oxygens (including phenoxy) is 1. The van der Waals surface area contributed by atoms with Gasteiger partial charge in [-0.2, -0.15) is 5.26 Å². The molecule has 0 aromatic heterocycles. The van der Waals surface area contributed by atoms with E-state index in [0.717, 1.165) is 5.56 Å². The molecule has 0 aliphatic rings. The predicted octanol–water partition coefficient (Wildman–Crippen LogP) is 3.90. The number of nitriles is 1. The highest BCUT2D eigenvalue weighted by molar-refractivity contribution is 6.33. The summed E-state index contributed by atoms with van der Waals surface area (Å²) in [5, 5.41) is 17.6. The monoisotopic (exact) mass is 287 g/mol. The summed E-state index contributed by atoms with van der Waals surface area (Å²) in [6.07, 6.45) is 0.347. The largest absolute Gasteiger partial charge is 0.478 e. The Bertz CT molecular complexity index is 675. The van der Waals surface area contributed by atoms with Crippen LogP contribution < -0.4 is 4.74 Å². The number of carboxylic acids is 1. The standard InChI is InChI=1S/C15H10ClNO3/c16-14-9-12(5-6-13(14)15(18)19)20-11-3-1-10(2-4-11)7-8-17/h1-6,9H,7H2,(H,18,19). The molecular formula is C15H10ClNO3. The molecule has 0 radical (unpaired) electrons. The van der Waals surface area contributed by atoms with E-state index in [1.54, 1.807) is 30.3 Å². The molecule has 0 fully saturated rings. The van der Waals surface area contributed by atoms with Gasteiger partial charge in [0.05, 0.1) is 23.1 Å². The molecule has 2 aromatic carbocycles. The van der Waals surface area contributed by atoms with Crippen molar-refractivity contribution in [1.29, 1.82) is 5.26 Å². The number of carbonyl (C=O) groups is 1. The Morgan fingerprint density at radius 2 is 1.85 bits per heavy atom. The van der Waals surface area contributed by atoms with Crippen LogP contribution in [0.5, 0.6) is 11.5 Å². The van der Waals surface area contributed by atoms with Crippen molar-refractivity contribution in [3.05, 3.63) is 58.6 Å². The van der Waals surface area contributed by atoms with Crippen LogP contribution in [0.1, 0.15) is 15.9 Å². The second-order valence-corrected chi connectivity index (χ2v) is 4.43. The summed E-state index contributed by atoms with van der Waals surface area (Å²) in [6, 6.07) is 13.5. The van der Waals surface area contributed by atoms with Gasteiger partial charge in [0, 0.05) is 6.07 Å². The molecule has 1 N–H and O–H groups in total. The van der Waals surface area contributed by atoms with Crippen molar-refractivity contribution < 1.29 is 14.6 Å². The topological polar surface area (TPSA) is 70.3 Å². The lowest BCUT2D eigenvalue weighted by molar-refractivity contribution is 0.0697. The van der Waals surface area contributed by atoms with Crippen LogP contribution in [0.4, 0.5) is 0 Å². The molecule has 0 amide bonds. The SMILES string of the molecule is N#CCc1ccc(Oc2ccc(C(=O)O)c(Cl)c2)cc1. The minimum atomic E-state index is -1.08. The highest BCUT2D eigenvalue weighted by Crippen LogP contribution is 2.27. The molecule has 0 saturated carbocycles. The van der Waals surface area contributed by atoms with Crippen LogP contribution in [0.2, 0.25) is 5.02 Å². The Morgan fingerprint density at radius 1 is 1.20 bits per heavy atom. The first-order valence-corrected chi connectivity index (χ1v) is 6.14.